The van der Waals surface area contributed by atoms with Gasteiger partial charge >= 0.3 is 0 Å². The van der Waals surface area contributed by atoms with E-state index in [1.807, 2.05) is 0 Å². The Hall–Kier alpha value is 0.0499. The van der Waals surface area contributed by atoms with Crippen molar-refractivity contribution in [2.75, 3.05) is 42.3 Å². The molecule has 0 aromatic rings. The van der Waals surface area contributed by atoms with Gasteiger partial charge in [0.15, 0.2) is 0 Å². The van der Waals surface area contributed by atoms with Gasteiger partial charge in [-0.1, -0.05) is 0 Å². The molecule has 0 aliphatic heterocycles. The van der Waals surface area contributed by atoms with Crippen LogP contribution < -0.4 is 0 Å². The van der Waals surface area contributed by atoms with E-state index in [2.05, 4.69) is 42.3 Å². The van der Waals surface area contributed by atoms with Crippen LogP contribution >= 0.6 is 0 Å². The average molecular weight is 144 g/mol. The summed E-state index contributed by atoms with van der Waals surface area (Å²) in [6.07, 6.45) is 0. The Bertz CT molecular complexity index is 87.3. The van der Waals surface area contributed by atoms with E-state index in [-0.39, 0.29) is 0 Å². The van der Waals surface area contributed by atoms with Crippen molar-refractivity contribution < 1.29 is 8.79 Å². The summed E-state index contributed by atoms with van der Waals surface area (Å²) in [6, 6.07) is 0. The van der Waals surface area contributed by atoms with Gasteiger partial charge in [-0.05, 0) is 0 Å². The molecule has 0 aromatic carbocycles. The number of quaternary nitrogens is 2. The summed E-state index contributed by atoms with van der Waals surface area (Å²) in [7, 11) is 14.5. The highest BCUT2D eigenvalue weighted by Gasteiger charge is 2.03. The highest BCUT2D eigenvalue weighted by molar-refractivity contribution is 6.92. The summed E-state index contributed by atoms with van der Waals surface area (Å²) >= 11 is 0. The molecule has 10 heavy (non-hydrogen) atoms. The van der Waals surface area contributed by atoms with Crippen LogP contribution in [0.5, 0.6) is 0 Å². The van der Waals surface area contributed by atoms with E-state index in [4.69, 9.17) is 0 Å². The van der Waals surface area contributed by atoms with Crippen LogP contribution in [-0.2, 0) is 0 Å². The third kappa shape index (κ3) is 8.05. The number of rotatable bonds is 3. The first kappa shape index (κ1) is 10.0. The Labute approximate surface area is 66.5 Å². The van der Waals surface area contributed by atoms with Crippen LogP contribution in [0.2, 0.25) is 0 Å². The molecule has 0 aliphatic rings. The second-order valence-electron chi connectivity index (χ2n) is 6.26. The molecule has 0 radical (unpaired) electrons. The van der Waals surface area contributed by atoms with Crippen molar-refractivity contribution in [3.05, 3.63) is 0 Å². The molecule has 0 heterocycles. The van der Waals surface area contributed by atoms with Gasteiger partial charge in [0.1, 0.15) is 0 Å². The fourth-order valence-electron chi connectivity index (χ4n) is 1.20. The van der Waals surface area contributed by atoms with Gasteiger partial charge in [-0.15, -0.1) is 0 Å². The molecule has 0 amide bonds. The summed E-state index contributed by atoms with van der Waals surface area (Å²) in [6.45, 7) is 0. The Balaban J connectivity index is 3.56. The topological polar surface area (TPSA) is 0 Å². The lowest BCUT2D eigenvalue weighted by Gasteiger charge is -2.43. The van der Waals surface area contributed by atoms with Gasteiger partial charge < -0.3 is 8.79 Å². The molecular weight excluding hydrogens is 122 g/mol. The van der Waals surface area contributed by atoms with E-state index in [1.165, 1.54) is 8.79 Å². The van der Waals surface area contributed by atoms with Crippen LogP contribution in [-0.4, -0.2) is 65.7 Å². The highest BCUT2D eigenvalue weighted by Crippen LogP contribution is 1.89. The maximum absolute atomic E-state index is 2.32. The van der Waals surface area contributed by atoms with Crippen molar-refractivity contribution in [2.45, 2.75) is 0 Å². The maximum atomic E-state index is 2.32. The molecule has 0 saturated heterocycles. The van der Waals surface area contributed by atoms with Gasteiger partial charge in [0.25, 0.3) is 0 Å². The van der Waals surface area contributed by atoms with E-state index >= 15 is 0 Å². The quantitative estimate of drug-likeness (QED) is 0.422. The summed E-state index contributed by atoms with van der Waals surface area (Å²) in [4.78, 5) is 0. The van der Waals surface area contributed by atoms with Crippen molar-refractivity contribution >= 4 is 14.6 Å². The van der Waals surface area contributed by atoms with E-state index in [0.29, 0.717) is 14.6 Å². The first-order chi connectivity index (χ1) is 4.21. The molecule has 0 spiro atoms. The molecule has 2 nitrogen and oxygen atoms in total. The normalized spacial score (nSPS) is 13.8. The van der Waals surface area contributed by atoms with Crippen LogP contribution in [0.15, 0.2) is 0 Å². The maximum Gasteiger partial charge on any atom is 0.0930 e. The Morgan fingerprint density at radius 2 is 0.800 bits per heavy atom. The van der Waals surface area contributed by atoms with E-state index in [9.17, 15) is 0 Å². The summed E-state index contributed by atoms with van der Waals surface area (Å²) in [5.41, 5.74) is 0. The molecule has 0 bridgehead atoms. The molecule has 4 heteroatoms. The predicted molar refractivity (Wildman–Crippen MR) is 53.2 cm³/mol. The number of hydrogen-bond acceptors (Lipinski definition) is 0. The molecule has 0 atom stereocenters. The van der Waals surface area contributed by atoms with Crippen molar-refractivity contribution in [2.24, 2.45) is 0 Å². The molecule has 0 rings (SSSR count). The summed E-state index contributed by atoms with van der Waals surface area (Å²) in [5, 5.41) is 0. The molecule has 0 aliphatic carbocycles. The zero-order valence-electron chi connectivity index (χ0n) is 8.89. The zero-order valence-corrected chi connectivity index (χ0v) is 8.89. The molecule has 0 fully saturated rings. The Morgan fingerprint density at radius 3 is 0.900 bits per heavy atom. The first-order valence-corrected chi connectivity index (χ1v) is 4.58. The Morgan fingerprint density at radius 1 is 0.600 bits per heavy atom. The van der Waals surface area contributed by atoms with Gasteiger partial charge in [0.2, 0.25) is 0 Å². The molecule has 62 valence electrons. The largest absolute Gasteiger partial charge is 0.549 e. The van der Waals surface area contributed by atoms with E-state index < -0.39 is 0 Å². The van der Waals surface area contributed by atoms with E-state index in [0.717, 1.165) is 0 Å². The second kappa shape index (κ2) is 2.97. The van der Waals surface area contributed by atoms with Crippen LogP contribution in [0.25, 0.3) is 0 Å². The number of nitrogens with zero attached hydrogens (tertiary/aromatic N) is 2. The van der Waals surface area contributed by atoms with E-state index in [1.54, 1.807) is 0 Å². The molecule has 0 aromatic heterocycles. The zero-order chi connectivity index (χ0) is 8.41. The van der Waals surface area contributed by atoms with Crippen molar-refractivity contribution in [1.29, 1.82) is 0 Å². The molecule has 0 N–H and O–H groups in total. The predicted octanol–water partition coefficient (Wildman–Crippen LogP) is -1.52. The van der Waals surface area contributed by atoms with Crippen LogP contribution in [0, 0.1) is 0 Å². The molecule has 0 saturated carbocycles. The minimum absolute atomic E-state index is 0.299. The molecule has 0 unspecified atom stereocenters. The smallest absolute Gasteiger partial charge is 0.0930 e. The standard InChI is InChI=1S/C6H22B2N2/c1-9(2,3)7-8-10(4,5)6/h7-8H2,1-6H3. The van der Waals surface area contributed by atoms with Crippen molar-refractivity contribution in [3.63, 3.8) is 0 Å². The average Bonchev–Trinajstić information content (AvgIpc) is 1.57. The van der Waals surface area contributed by atoms with Gasteiger partial charge in [0.05, 0.1) is 14.6 Å². The second-order valence-corrected chi connectivity index (χ2v) is 6.26. The lowest BCUT2D eigenvalue weighted by Crippen LogP contribution is -2.52. The SMILES string of the molecule is C[N+](C)(C)[BH2-][BH2-][N+](C)(C)C. The number of hydrogen-bond donors (Lipinski definition) is 0. The van der Waals surface area contributed by atoms with Crippen LogP contribution in [0.1, 0.15) is 0 Å². The third-order valence-corrected chi connectivity index (χ3v) is 2.88. The Kier molecular flexibility index (Phi) is 2.99. The van der Waals surface area contributed by atoms with Gasteiger partial charge in [-0.2, -0.15) is 0 Å². The van der Waals surface area contributed by atoms with Gasteiger partial charge in [-0.3, -0.25) is 0 Å². The monoisotopic (exact) mass is 144 g/mol. The van der Waals surface area contributed by atoms with Crippen molar-refractivity contribution in [1.82, 2.24) is 0 Å². The summed E-state index contributed by atoms with van der Waals surface area (Å²) < 4.78 is 2.49. The van der Waals surface area contributed by atoms with Crippen molar-refractivity contribution in [3.8, 4) is 0 Å². The minimum atomic E-state index is 0.299. The van der Waals surface area contributed by atoms with Gasteiger partial charge in [0, 0.05) is 42.3 Å². The first-order valence-electron chi connectivity index (χ1n) is 4.58. The minimum Gasteiger partial charge on any atom is -0.549 e. The third-order valence-electron chi connectivity index (χ3n) is 2.88. The molecular formula is C6H22B2N2. The summed E-state index contributed by atoms with van der Waals surface area (Å²) in [5.74, 6) is 0. The fourth-order valence-corrected chi connectivity index (χ4v) is 1.20. The highest BCUT2D eigenvalue weighted by atomic mass is 15.2. The van der Waals surface area contributed by atoms with Crippen LogP contribution in [0.3, 0.4) is 0 Å². The lowest BCUT2D eigenvalue weighted by atomic mass is 9.51. The van der Waals surface area contributed by atoms with Gasteiger partial charge in [-0.25, -0.2) is 0 Å². The van der Waals surface area contributed by atoms with Crippen LogP contribution in [0.4, 0.5) is 0 Å². The fraction of sp³-hybridized carbons (Fsp3) is 1.00. The lowest BCUT2D eigenvalue weighted by molar-refractivity contribution is -0.771.